The maximum atomic E-state index is 8.91. The summed E-state index contributed by atoms with van der Waals surface area (Å²) in [5, 5.41) is 20.6. The lowest BCUT2D eigenvalue weighted by Gasteiger charge is -2.23. The maximum absolute atomic E-state index is 8.91. The molecule has 1 unspecified atom stereocenters. The Kier molecular flexibility index (Phi) is 6.25. The van der Waals surface area contributed by atoms with Gasteiger partial charge >= 0.3 is 0 Å². The van der Waals surface area contributed by atoms with E-state index in [1.165, 1.54) is 0 Å². The van der Waals surface area contributed by atoms with E-state index in [0.29, 0.717) is 5.84 Å². The topological polar surface area (TPSA) is 85.3 Å². The van der Waals surface area contributed by atoms with Crippen LogP contribution in [0.2, 0.25) is 0 Å². The zero-order valence-electron chi connectivity index (χ0n) is 10.5. The molecule has 1 aliphatic rings. The molecular formula is C11H24N4O2. The monoisotopic (exact) mass is 244 g/mol. The second-order valence-corrected chi connectivity index (χ2v) is 4.65. The van der Waals surface area contributed by atoms with Crippen LogP contribution in [0.15, 0.2) is 5.16 Å². The number of nitrogens with two attached hydrogens (primary N) is 1. The van der Waals surface area contributed by atoms with Crippen LogP contribution in [0.25, 0.3) is 0 Å². The third kappa shape index (κ3) is 4.89. The van der Waals surface area contributed by atoms with Crippen LogP contribution in [0.1, 0.15) is 13.3 Å². The van der Waals surface area contributed by atoms with Crippen molar-refractivity contribution in [1.82, 2.24) is 9.80 Å². The molecule has 1 saturated heterocycles. The zero-order chi connectivity index (χ0) is 12.7. The standard InChI is InChI=1S/C11H24N4O2/c1-10(11(12)13-17)9-15-4-2-3-14(5-6-15)7-8-16/h10,16-17H,2-9H2,1H3,(H2,12,13). The smallest absolute Gasteiger partial charge is 0.143 e. The fourth-order valence-electron chi connectivity index (χ4n) is 2.15. The SMILES string of the molecule is CC(CN1CCCN(CCO)CC1)C(N)=NO. The lowest BCUT2D eigenvalue weighted by atomic mass is 10.1. The number of rotatable bonds is 5. The summed E-state index contributed by atoms with van der Waals surface area (Å²) in [4.78, 5) is 4.61. The van der Waals surface area contributed by atoms with Crippen molar-refractivity contribution < 1.29 is 10.3 Å². The molecule has 17 heavy (non-hydrogen) atoms. The van der Waals surface area contributed by atoms with E-state index >= 15 is 0 Å². The van der Waals surface area contributed by atoms with Crippen LogP contribution in [0, 0.1) is 5.92 Å². The highest BCUT2D eigenvalue weighted by Gasteiger charge is 2.17. The molecular weight excluding hydrogens is 220 g/mol. The van der Waals surface area contributed by atoms with Gasteiger partial charge in [-0.05, 0) is 19.5 Å². The predicted octanol–water partition coefficient (Wildman–Crippen LogP) is -0.631. The Balaban J connectivity index is 2.36. The molecule has 1 fully saturated rings. The van der Waals surface area contributed by atoms with E-state index in [4.69, 9.17) is 16.0 Å². The number of hydrogen-bond acceptors (Lipinski definition) is 5. The minimum atomic E-state index is 0.0735. The molecule has 0 aromatic carbocycles. The van der Waals surface area contributed by atoms with Crippen molar-refractivity contribution in [3.63, 3.8) is 0 Å². The summed E-state index contributed by atoms with van der Waals surface area (Å²) in [5.74, 6) is 0.367. The van der Waals surface area contributed by atoms with Crippen molar-refractivity contribution in [2.45, 2.75) is 13.3 Å². The Morgan fingerprint density at radius 3 is 2.59 bits per heavy atom. The third-order valence-corrected chi connectivity index (χ3v) is 3.25. The molecule has 0 amide bonds. The van der Waals surface area contributed by atoms with E-state index in [0.717, 1.165) is 45.7 Å². The first-order valence-electron chi connectivity index (χ1n) is 6.20. The van der Waals surface area contributed by atoms with E-state index in [9.17, 15) is 0 Å². The molecule has 1 atom stereocenters. The normalized spacial score (nSPS) is 22.4. The Morgan fingerprint density at radius 1 is 1.29 bits per heavy atom. The van der Waals surface area contributed by atoms with Gasteiger partial charge in [0.15, 0.2) is 0 Å². The molecule has 0 saturated carbocycles. The summed E-state index contributed by atoms with van der Waals surface area (Å²) in [7, 11) is 0. The molecule has 6 heteroatoms. The van der Waals surface area contributed by atoms with Crippen LogP contribution in [0.4, 0.5) is 0 Å². The van der Waals surface area contributed by atoms with Gasteiger partial charge in [-0.3, -0.25) is 4.90 Å². The van der Waals surface area contributed by atoms with E-state index in [-0.39, 0.29) is 12.5 Å². The Hall–Kier alpha value is -0.850. The van der Waals surface area contributed by atoms with Gasteiger partial charge in [-0.25, -0.2) is 0 Å². The highest BCUT2D eigenvalue weighted by Crippen LogP contribution is 2.06. The van der Waals surface area contributed by atoms with Gasteiger partial charge in [0.1, 0.15) is 5.84 Å². The molecule has 0 aliphatic carbocycles. The van der Waals surface area contributed by atoms with Gasteiger partial charge in [-0.15, -0.1) is 0 Å². The minimum Gasteiger partial charge on any atom is -0.409 e. The predicted molar refractivity (Wildman–Crippen MR) is 67.2 cm³/mol. The largest absolute Gasteiger partial charge is 0.409 e. The summed E-state index contributed by atoms with van der Waals surface area (Å²) < 4.78 is 0. The number of oxime groups is 1. The third-order valence-electron chi connectivity index (χ3n) is 3.25. The lowest BCUT2D eigenvalue weighted by molar-refractivity contribution is 0.195. The number of nitrogens with zero attached hydrogens (tertiary/aromatic N) is 3. The Morgan fingerprint density at radius 2 is 1.94 bits per heavy atom. The number of aliphatic hydroxyl groups is 1. The molecule has 0 bridgehead atoms. The fraction of sp³-hybridized carbons (Fsp3) is 0.909. The Labute approximate surface area is 103 Å². The molecule has 1 rings (SSSR count). The number of amidine groups is 1. The quantitative estimate of drug-likeness (QED) is 0.259. The van der Waals surface area contributed by atoms with E-state index in [2.05, 4.69) is 15.0 Å². The number of aliphatic hydroxyl groups excluding tert-OH is 1. The second kappa shape index (κ2) is 7.47. The average molecular weight is 244 g/mol. The van der Waals surface area contributed by atoms with E-state index in [1.807, 2.05) is 6.92 Å². The van der Waals surface area contributed by atoms with Crippen molar-refractivity contribution in [1.29, 1.82) is 0 Å². The maximum Gasteiger partial charge on any atom is 0.143 e. The lowest BCUT2D eigenvalue weighted by Crippen LogP contribution is -2.37. The summed E-state index contributed by atoms with van der Waals surface area (Å²) in [6, 6.07) is 0. The molecule has 0 aromatic heterocycles. The van der Waals surface area contributed by atoms with Gasteiger partial charge in [0.2, 0.25) is 0 Å². The first kappa shape index (κ1) is 14.2. The summed E-state index contributed by atoms with van der Waals surface area (Å²) >= 11 is 0. The van der Waals surface area contributed by atoms with Crippen LogP contribution < -0.4 is 5.73 Å². The van der Waals surface area contributed by atoms with Gasteiger partial charge in [-0.2, -0.15) is 0 Å². The van der Waals surface area contributed by atoms with Crippen molar-refractivity contribution in [2.75, 3.05) is 45.9 Å². The minimum absolute atomic E-state index is 0.0735. The van der Waals surface area contributed by atoms with Gasteiger partial charge in [0, 0.05) is 32.1 Å². The molecule has 100 valence electrons. The van der Waals surface area contributed by atoms with Crippen molar-refractivity contribution in [3.8, 4) is 0 Å². The van der Waals surface area contributed by atoms with Crippen molar-refractivity contribution in [3.05, 3.63) is 0 Å². The first-order valence-corrected chi connectivity index (χ1v) is 6.20. The van der Waals surface area contributed by atoms with Crippen LogP contribution in [-0.4, -0.2) is 71.8 Å². The molecule has 1 aliphatic heterocycles. The van der Waals surface area contributed by atoms with Crippen molar-refractivity contribution in [2.24, 2.45) is 16.8 Å². The first-order chi connectivity index (χ1) is 8.17. The van der Waals surface area contributed by atoms with Crippen LogP contribution in [-0.2, 0) is 0 Å². The van der Waals surface area contributed by atoms with E-state index in [1.54, 1.807) is 0 Å². The van der Waals surface area contributed by atoms with Gasteiger partial charge in [-0.1, -0.05) is 12.1 Å². The molecule has 1 heterocycles. The molecule has 0 spiro atoms. The highest BCUT2D eigenvalue weighted by atomic mass is 16.4. The molecule has 6 nitrogen and oxygen atoms in total. The summed E-state index contributed by atoms with van der Waals surface area (Å²) in [6.45, 7) is 7.78. The average Bonchev–Trinajstić information content (AvgIpc) is 2.54. The molecule has 4 N–H and O–H groups in total. The van der Waals surface area contributed by atoms with Crippen LogP contribution in [0.3, 0.4) is 0 Å². The summed E-state index contributed by atoms with van der Waals surface area (Å²) in [5.41, 5.74) is 5.58. The zero-order valence-corrected chi connectivity index (χ0v) is 10.5. The highest BCUT2D eigenvalue weighted by molar-refractivity contribution is 5.82. The number of β-amino-alcohol motifs (C(OH)–C–C–N with tert-alkyl or cyclic N) is 1. The fourth-order valence-corrected chi connectivity index (χ4v) is 2.15. The molecule has 0 aromatic rings. The van der Waals surface area contributed by atoms with Gasteiger partial charge < -0.3 is 20.9 Å². The van der Waals surface area contributed by atoms with Crippen LogP contribution in [0.5, 0.6) is 0 Å². The summed E-state index contributed by atoms with van der Waals surface area (Å²) in [6.07, 6.45) is 1.10. The number of hydrogen-bond donors (Lipinski definition) is 3. The van der Waals surface area contributed by atoms with Crippen LogP contribution >= 0.6 is 0 Å². The van der Waals surface area contributed by atoms with Crippen molar-refractivity contribution >= 4 is 5.84 Å². The van der Waals surface area contributed by atoms with Gasteiger partial charge in [0.25, 0.3) is 0 Å². The van der Waals surface area contributed by atoms with Gasteiger partial charge in [0.05, 0.1) is 6.61 Å². The second-order valence-electron chi connectivity index (χ2n) is 4.65. The molecule has 0 radical (unpaired) electrons. The Bertz CT molecular complexity index is 248. The van der Waals surface area contributed by atoms with E-state index < -0.39 is 0 Å².